The summed E-state index contributed by atoms with van der Waals surface area (Å²) in [5, 5.41) is 22.1. The van der Waals surface area contributed by atoms with Crippen LogP contribution in [0.1, 0.15) is 141 Å². The first-order valence-corrected chi connectivity index (χ1v) is 39.3. The number of furan rings is 1. The number of methoxy groups -OCH3 is 4. The molecule has 123 heavy (non-hydrogen) atoms. The number of ether oxygens (including phenoxy) is 4. The molecule has 18 rings (SSSR count). The highest BCUT2D eigenvalue weighted by atomic mass is 32.1. The first kappa shape index (κ1) is 82.4. The second-order valence-corrected chi connectivity index (χ2v) is 30.9. The molecule has 0 spiro atoms. The lowest BCUT2D eigenvalue weighted by Gasteiger charge is -2.26. The Morgan fingerprint density at radius 2 is 0.902 bits per heavy atom. The Hall–Kier alpha value is -15.8. The summed E-state index contributed by atoms with van der Waals surface area (Å²) in [6.07, 6.45) is 3.43. The SMILES string of the molecule is COc1ccc2c(c1)C(=O)N(C[C@@]1(C#Cc3ccc(C(=O)NC4CC4)o3)NC(=O)NC1=O)C2.COc1ccc2c(c1)C(=O)N(C[C@@]1(C#Cc3ccc4ncsc4c3)NC(=O)NC1=O)C2.COc1ccc2c(c1)C(=O)N(C[C@@]1(C#Cc3ccccc3C(C)C)NC(=O)NC1=O)C2.COc1ccc2c(c1)C(=O)N(C[C@@]1(C#Cc3cnc(C)[nH]3)NC(=O)NC1=O)C2. The lowest BCUT2D eigenvalue weighted by molar-refractivity contribution is -0.123. The number of carbonyl (C=O) groups excluding carboxylic acids is 13. The maximum Gasteiger partial charge on any atom is 0.323 e. The van der Waals surface area contributed by atoms with E-state index in [9.17, 15) is 62.3 Å². The fourth-order valence-corrected chi connectivity index (χ4v) is 15.4. The lowest BCUT2D eigenvalue weighted by Crippen LogP contribution is -2.54. The van der Waals surface area contributed by atoms with Crippen LogP contribution in [-0.4, -0.2) is 195 Å². The zero-order valence-electron chi connectivity index (χ0n) is 66.9. The smallest absolute Gasteiger partial charge is 0.323 e. The first-order valence-electron chi connectivity index (χ1n) is 38.4. The van der Waals surface area contributed by atoms with Crippen molar-refractivity contribution in [3.8, 4) is 70.4 Å². The summed E-state index contributed by atoms with van der Waals surface area (Å²) >= 11 is 1.49. The first-order chi connectivity index (χ1) is 59.1. The molecule has 0 bridgehead atoms. The van der Waals surface area contributed by atoms with Crippen molar-refractivity contribution < 1.29 is 85.7 Å². The maximum absolute atomic E-state index is 13.0. The van der Waals surface area contributed by atoms with Crippen molar-refractivity contribution in [1.82, 2.24) is 82.4 Å². The Morgan fingerprint density at radius 1 is 0.496 bits per heavy atom. The van der Waals surface area contributed by atoms with Gasteiger partial charge in [0.2, 0.25) is 22.2 Å². The van der Waals surface area contributed by atoms with Crippen molar-refractivity contribution >= 4 is 98.8 Å². The van der Waals surface area contributed by atoms with Gasteiger partial charge < -0.3 is 74.5 Å². The average molecular weight is 1680 g/mol. The predicted molar refractivity (Wildman–Crippen MR) is 439 cm³/mol. The standard InChI is InChI=1S/C24H23N3O4.C23H20N4O6.C22H16N4O4S.C19H17N5O4/c1-15(2)19-7-5-4-6-16(19)10-11-24(22(29)25-23(30)26-24)14-27-13-17-8-9-18(31-3)12-20(17)21(27)28;1-32-16-5-2-13-11-27(20(29)17(13)10-16)12-23(21(30)25-22(31)26-23)9-8-15-6-7-18(33-15)19(28)24-14-3-4-14;1-30-15-4-3-14-10-26(19(27)16(14)9-15)11-22(20(28)24-21(29)25-22)7-6-13-2-5-17-18(8-13)31-12-23-17;1-11-20-8-13(21-11)5-6-19(17(26)22-18(27)23-19)10-24-9-12-3-4-14(28-2)7-15(12)16(24)25/h4-9,12,15H,13-14H2,1-3H3,(H2,25,26,29,30);2,5-7,10,14H,3-4,11-12H2,1H3,(H,24,28)(H2,25,26,30,31);2-5,8-9,12H,10-11H2,1H3,(H2,24,25,28,29);3-4,7-8H,9-10H2,1-2H3,(H,20,21)(H2,22,23,26,27)/t24-;23-;22-;19-/m1111/s1. The van der Waals surface area contributed by atoms with Crippen LogP contribution in [0.4, 0.5) is 19.2 Å². The van der Waals surface area contributed by atoms with E-state index in [4.69, 9.17) is 23.4 Å². The number of H-pyrrole nitrogens is 1. The molecule has 11 heterocycles. The fourth-order valence-electron chi connectivity index (χ4n) is 14.7. The number of urea groups is 4. The van der Waals surface area contributed by atoms with E-state index in [1.807, 2.05) is 54.6 Å². The number of aromatic amines is 1. The number of carbonyl (C=O) groups is 13. The number of thiazole rings is 1. The Bertz CT molecular complexity index is 6280. The molecule has 35 heteroatoms. The number of imidazole rings is 1. The molecule has 5 fully saturated rings. The highest BCUT2D eigenvalue weighted by Crippen LogP contribution is 2.35. The summed E-state index contributed by atoms with van der Waals surface area (Å²) in [6.45, 7) is 6.75. The number of rotatable bonds is 15. The van der Waals surface area contributed by atoms with E-state index in [2.05, 4.69) is 124 Å². The van der Waals surface area contributed by atoms with Gasteiger partial charge in [-0.3, -0.25) is 64.4 Å². The normalized spacial score (nSPS) is 20.2. The molecule has 4 atom stereocenters. The fraction of sp³-hybridized carbons (Fsp3) is 0.261. The van der Waals surface area contributed by atoms with Gasteiger partial charge in [-0.1, -0.05) is 91.8 Å². The molecule has 4 saturated heterocycles. The van der Waals surface area contributed by atoms with Gasteiger partial charge in [-0.05, 0) is 150 Å². The molecule has 622 valence electrons. The van der Waals surface area contributed by atoms with Crippen LogP contribution in [0.5, 0.6) is 23.0 Å². The third-order valence-corrected chi connectivity index (χ3v) is 22.1. The molecule has 9 aliphatic rings. The minimum atomic E-state index is -1.66. The van der Waals surface area contributed by atoms with Gasteiger partial charge in [0.1, 0.15) is 34.5 Å². The van der Waals surface area contributed by atoms with Crippen molar-refractivity contribution in [2.45, 2.75) is 93.9 Å². The number of imide groups is 4. The van der Waals surface area contributed by atoms with E-state index in [0.29, 0.717) is 82.0 Å². The van der Waals surface area contributed by atoms with Crippen LogP contribution >= 0.6 is 11.3 Å². The molecule has 9 aromatic rings. The number of hydrogen-bond donors (Lipinski definition) is 10. The van der Waals surface area contributed by atoms with Crippen molar-refractivity contribution in [2.75, 3.05) is 54.6 Å². The van der Waals surface area contributed by atoms with Gasteiger partial charge in [-0.15, -0.1) is 11.3 Å². The third kappa shape index (κ3) is 17.2. The van der Waals surface area contributed by atoms with E-state index in [1.165, 1.54) is 77.7 Å². The van der Waals surface area contributed by atoms with Crippen molar-refractivity contribution in [1.29, 1.82) is 0 Å². The molecule has 3 aromatic heterocycles. The quantitative estimate of drug-likeness (QED) is 0.0455. The Morgan fingerprint density at radius 3 is 1.28 bits per heavy atom. The summed E-state index contributed by atoms with van der Waals surface area (Å²) < 4.78 is 27.2. The van der Waals surface area contributed by atoms with Gasteiger partial charge in [0.15, 0.2) is 11.5 Å². The van der Waals surface area contributed by atoms with Crippen molar-refractivity contribution in [3.05, 3.63) is 223 Å². The number of nitrogens with one attached hydrogen (secondary N) is 10. The second kappa shape index (κ2) is 33.6. The molecule has 34 nitrogen and oxygen atoms in total. The molecule has 0 unspecified atom stereocenters. The number of aromatic nitrogens is 3. The molecule has 1 saturated carbocycles. The summed E-state index contributed by atoms with van der Waals surface area (Å²) in [5.74, 6) is 22.8. The van der Waals surface area contributed by atoms with Gasteiger partial charge in [-0.2, -0.15) is 0 Å². The highest BCUT2D eigenvalue weighted by molar-refractivity contribution is 7.16. The molecule has 17 amide bonds. The minimum Gasteiger partial charge on any atom is -0.497 e. The van der Waals surface area contributed by atoms with Crippen LogP contribution in [0.3, 0.4) is 0 Å². The van der Waals surface area contributed by atoms with Crippen molar-refractivity contribution in [2.24, 2.45) is 0 Å². The number of fused-ring (bicyclic) bond motifs is 5. The monoisotopic (exact) mass is 1680 g/mol. The van der Waals surface area contributed by atoms with Crippen LogP contribution in [0.25, 0.3) is 10.2 Å². The van der Waals surface area contributed by atoms with E-state index in [0.717, 1.165) is 56.4 Å². The second-order valence-electron chi connectivity index (χ2n) is 30.1. The van der Waals surface area contributed by atoms with Gasteiger partial charge in [0, 0.05) is 65.6 Å². The average Bonchev–Trinajstić information content (AvgIpc) is 1.63. The third-order valence-electron chi connectivity index (χ3n) is 21.3. The Kier molecular flexibility index (Phi) is 22.5. The molecule has 1 aliphatic carbocycles. The summed E-state index contributed by atoms with van der Waals surface area (Å²) in [4.78, 5) is 179. The van der Waals surface area contributed by atoms with E-state index in [-0.39, 0.29) is 85.7 Å². The molecule has 0 radical (unpaired) electrons. The van der Waals surface area contributed by atoms with Gasteiger partial charge in [0.05, 0.1) is 76.5 Å². The number of aryl methyl sites for hydroxylation is 1. The minimum absolute atomic E-state index is 0.0583. The zero-order valence-corrected chi connectivity index (χ0v) is 67.8. The van der Waals surface area contributed by atoms with Crippen LogP contribution in [0.15, 0.2) is 144 Å². The number of nitrogens with zero attached hydrogens (tertiary/aromatic N) is 6. The number of hydrogen-bond acceptors (Lipinski definition) is 21. The van der Waals surface area contributed by atoms with Crippen LogP contribution in [-0.2, 0) is 45.4 Å². The van der Waals surface area contributed by atoms with Crippen LogP contribution in [0.2, 0.25) is 0 Å². The predicted octanol–water partition coefficient (Wildman–Crippen LogP) is 5.37. The van der Waals surface area contributed by atoms with Gasteiger partial charge in [-0.25, -0.2) is 29.1 Å². The van der Waals surface area contributed by atoms with E-state index < -0.39 is 69.9 Å². The number of benzene rings is 6. The maximum atomic E-state index is 13.0. The number of amides is 17. The topological polar surface area (TPSA) is 435 Å². The molecule has 10 N–H and O–H groups in total. The summed E-state index contributed by atoms with van der Waals surface area (Å²) in [6, 6.07) is 34.8. The molecular weight excluding hydrogens is 1600 g/mol. The van der Waals surface area contributed by atoms with Gasteiger partial charge >= 0.3 is 24.1 Å². The Labute approximate surface area is 705 Å². The largest absolute Gasteiger partial charge is 0.497 e. The van der Waals surface area contributed by atoms with Crippen molar-refractivity contribution in [3.63, 3.8) is 0 Å². The van der Waals surface area contributed by atoms with Crippen LogP contribution < -0.4 is 66.8 Å². The molecular formula is C88H76N16O18S. The summed E-state index contributed by atoms with van der Waals surface area (Å²) in [5.41, 5.74) is 4.66. The van der Waals surface area contributed by atoms with Crippen LogP contribution in [0, 0.1) is 54.3 Å². The van der Waals surface area contributed by atoms with E-state index >= 15 is 0 Å². The van der Waals surface area contributed by atoms with Gasteiger partial charge in [0.25, 0.3) is 53.2 Å². The van der Waals surface area contributed by atoms with E-state index in [1.54, 1.807) is 73.1 Å². The highest BCUT2D eigenvalue weighted by Gasteiger charge is 2.53. The zero-order chi connectivity index (χ0) is 86.8. The Balaban J connectivity index is 0.000000127. The molecule has 6 aromatic carbocycles. The lowest BCUT2D eigenvalue weighted by atomic mass is 9.95. The summed E-state index contributed by atoms with van der Waals surface area (Å²) in [7, 11) is 6.11. The molecule has 8 aliphatic heterocycles.